The van der Waals surface area contributed by atoms with Crippen LogP contribution in [0.5, 0.6) is 0 Å². The van der Waals surface area contributed by atoms with Crippen molar-refractivity contribution in [2.24, 2.45) is 0 Å². The highest BCUT2D eigenvalue weighted by molar-refractivity contribution is 7.13. The van der Waals surface area contributed by atoms with Crippen molar-refractivity contribution in [3.05, 3.63) is 39.3 Å². The summed E-state index contributed by atoms with van der Waals surface area (Å²) in [5.41, 5.74) is 1.05. The van der Waals surface area contributed by atoms with Crippen molar-refractivity contribution in [3.63, 3.8) is 0 Å². The first-order valence-corrected chi connectivity index (χ1v) is 8.86. The molecule has 0 aliphatic rings. The second-order valence-electron chi connectivity index (χ2n) is 4.87. The van der Waals surface area contributed by atoms with Gasteiger partial charge in [-0.3, -0.25) is 9.59 Å². The number of carbonyl (C=O) groups is 2. The summed E-state index contributed by atoms with van der Waals surface area (Å²) in [4.78, 5) is 29.7. The van der Waals surface area contributed by atoms with Crippen molar-refractivity contribution < 1.29 is 14.3 Å². The van der Waals surface area contributed by atoms with E-state index < -0.39 is 0 Å². The Labute approximate surface area is 154 Å². The van der Waals surface area contributed by atoms with Gasteiger partial charge in [0, 0.05) is 29.1 Å². The van der Waals surface area contributed by atoms with Crippen molar-refractivity contribution in [1.82, 2.24) is 9.88 Å². The molecule has 1 amide bonds. The van der Waals surface area contributed by atoms with Gasteiger partial charge >= 0.3 is 5.97 Å². The van der Waals surface area contributed by atoms with Crippen LogP contribution in [0.3, 0.4) is 0 Å². The van der Waals surface area contributed by atoms with Gasteiger partial charge in [-0.2, -0.15) is 0 Å². The summed E-state index contributed by atoms with van der Waals surface area (Å²) >= 11 is 13.4. The maximum absolute atomic E-state index is 12.5. The van der Waals surface area contributed by atoms with E-state index in [2.05, 4.69) is 9.72 Å². The Kier molecular flexibility index (Phi) is 6.60. The van der Waals surface area contributed by atoms with Gasteiger partial charge in [-0.15, -0.1) is 11.3 Å². The number of methoxy groups -OCH3 is 1. The van der Waals surface area contributed by atoms with E-state index >= 15 is 0 Å². The third kappa shape index (κ3) is 4.47. The number of thiazole rings is 1. The first kappa shape index (κ1) is 18.7. The second-order valence-corrected chi connectivity index (χ2v) is 6.57. The molecule has 0 bridgehead atoms. The number of ether oxygens (including phenoxy) is 1. The number of rotatable bonds is 6. The normalized spacial score (nSPS) is 10.5. The minimum absolute atomic E-state index is 0.149. The van der Waals surface area contributed by atoms with Crippen LogP contribution >= 0.6 is 34.5 Å². The summed E-state index contributed by atoms with van der Waals surface area (Å²) in [7, 11) is 1.32. The molecule has 8 heteroatoms. The quantitative estimate of drug-likeness (QED) is 0.699. The highest BCUT2D eigenvalue weighted by Crippen LogP contribution is 2.32. The maximum Gasteiger partial charge on any atom is 0.307 e. The molecule has 0 fully saturated rings. The van der Waals surface area contributed by atoms with Crippen LogP contribution in [-0.2, 0) is 9.53 Å². The zero-order valence-corrected chi connectivity index (χ0v) is 15.5. The largest absolute Gasteiger partial charge is 0.469 e. The minimum atomic E-state index is -0.354. The fourth-order valence-electron chi connectivity index (χ4n) is 2.05. The molecule has 0 saturated heterocycles. The first-order chi connectivity index (χ1) is 11.5. The van der Waals surface area contributed by atoms with E-state index in [1.54, 1.807) is 28.5 Å². The molecule has 0 aliphatic carbocycles. The topological polar surface area (TPSA) is 59.5 Å². The Morgan fingerprint density at radius 3 is 2.71 bits per heavy atom. The Morgan fingerprint density at radius 1 is 1.33 bits per heavy atom. The molecule has 0 atom stereocenters. The molecule has 0 aliphatic heterocycles. The Hall–Kier alpha value is -1.63. The molecular weight excluding hydrogens is 371 g/mol. The van der Waals surface area contributed by atoms with E-state index in [-0.39, 0.29) is 24.8 Å². The Morgan fingerprint density at radius 2 is 2.08 bits per heavy atom. The molecule has 0 N–H and O–H groups in total. The lowest BCUT2D eigenvalue weighted by Gasteiger charge is -2.18. The van der Waals surface area contributed by atoms with Crippen LogP contribution in [0.15, 0.2) is 23.6 Å². The maximum atomic E-state index is 12.5. The van der Waals surface area contributed by atoms with Gasteiger partial charge in [-0.25, -0.2) is 4.98 Å². The summed E-state index contributed by atoms with van der Waals surface area (Å²) < 4.78 is 4.60. The van der Waals surface area contributed by atoms with Crippen LogP contribution in [0.2, 0.25) is 10.0 Å². The molecule has 0 unspecified atom stereocenters. The zero-order valence-electron chi connectivity index (χ0n) is 13.2. The second kappa shape index (κ2) is 8.46. The van der Waals surface area contributed by atoms with E-state index in [4.69, 9.17) is 23.2 Å². The van der Waals surface area contributed by atoms with Gasteiger partial charge < -0.3 is 9.64 Å². The lowest BCUT2D eigenvalue weighted by molar-refractivity contribution is -0.140. The number of nitrogens with zero attached hydrogens (tertiary/aromatic N) is 2. The number of amides is 1. The molecule has 0 saturated carbocycles. The fourth-order valence-corrected chi connectivity index (χ4v) is 3.44. The van der Waals surface area contributed by atoms with Gasteiger partial charge in [0.15, 0.2) is 0 Å². The highest BCUT2D eigenvalue weighted by atomic mass is 35.5. The SMILES string of the molecule is CCN(CCC(=O)OC)C(=O)c1csc(-c2ccc(Cl)cc2Cl)n1. The van der Waals surface area contributed by atoms with Gasteiger partial charge in [-0.1, -0.05) is 23.2 Å². The van der Waals surface area contributed by atoms with E-state index in [1.165, 1.54) is 18.4 Å². The highest BCUT2D eigenvalue weighted by Gasteiger charge is 2.19. The molecule has 128 valence electrons. The van der Waals surface area contributed by atoms with E-state index in [0.717, 1.165) is 5.56 Å². The van der Waals surface area contributed by atoms with Crippen LogP contribution in [0.25, 0.3) is 10.6 Å². The molecular formula is C16H16Cl2N2O3S. The molecule has 0 spiro atoms. The predicted molar refractivity (Wildman–Crippen MR) is 95.8 cm³/mol. The van der Waals surface area contributed by atoms with Gasteiger partial charge in [0.25, 0.3) is 5.91 Å². The number of benzene rings is 1. The van der Waals surface area contributed by atoms with Crippen molar-refractivity contribution in [2.45, 2.75) is 13.3 Å². The van der Waals surface area contributed by atoms with Crippen LogP contribution < -0.4 is 0 Å². The Bertz CT molecular complexity index is 749. The zero-order chi connectivity index (χ0) is 17.7. The number of aromatic nitrogens is 1. The van der Waals surface area contributed by atoms with Crippen LogP contribution in [-0.4, -0.2) is 42.0 Å². The average molecular weight is 387 g/mol. The standard InChI is InChI=1S/C16H16Cl2N2O3S/c1-3-20(7-6-14(21)23-2)16(22)13-9-24-15(19-13)11-5-4-10(17)8-12(11)18/h4-5,8-9H,3,6-7H2,1-2H3. The monoisotopic (exact) mass is 386 g/mol. The van der Waals surface area contributed by atoms with E-state index in [0.29, 0.717) is 27.3 Å². The molecule has 0 radical (unpaired) electrons. The minimum Gasteiger partial charge on any atom is -0.469 e. The lowest BCUT2D eigenvalue weighted by atomic mass is 10.2. The molecule has 1 heterocycles. The van der Waals surface area contributed by atoms with Crippen LogP contribution in [0.1, 0.15) is 23.8 Å². The lowest BCUT2D eigenvalue weighted by Crippen LogP contribution is -2.33. The summed E-state index contributed by atoms with van der Waals surface area (Å²) in [6.45, 7) is 2.61. The summed E-state index contributed by atoms with van der Waals surface area (Å²) in [6.07, 6.45) is 0.149. The summed E-state index contributed by atoms with van der Waals surface area (Å²) in [6, 6.07) is 5.13. The summed E-state index contributed by atoms with van der Waals surface area (Å²) in [5.74, 6) is -0.581. The van der Waals surface area contributed by atoms with Gasteiger partial charge in [0.2, 0.25) is 0 Å². The van der Waals surface area contributed by atoms with Gasteiger partial charge in [0.1, 0.15) is 10.7 Å². The number of carbonyl (C=O) groups excluding carboxylic acids is 2. The van der Waals surface area contributed by atoms with Crippen molar-refractivity contribution >= 4 is 46.4 Å². The number of hydrogen-bond donors (Lipinski definition) is 0. The van der Waals surface area contributed by atoms with Gasteiger partial charge in [-0.05, 0) is 25.1 Å². The predicted octanol–water partition coefficient (Wildman–Crippen LogP) is 4.14. The number of esters is 1. The molecule has 24 heavy (non-hydrogen) atoms. The first-order valence-electron chi connectivity index (χ1n) is 7.23. The number of halogens is 2. The number of hydrogen-bond acceptors (Lipinski definition) is 5. The third-order valence-electron chi connectivity index (χ3n) is 3.37. The summed E-state index contributed by atoms with van der Waals surface area (Å²) in [5, 5.41) is 3.35. The third-order valence-corrected chi connectivity index (χ3v) is 4.79. The smallest absolute Gasteiger partial charge is 0.307 e. The molecule has 1 aromatic heterocycles. The van der Waals surface area contributed by atoms with E-state index in [9.17, 15) is 9.59 Å². The fraction of sp³-hybridized carbons (Fsp3) is 0.312. The molecule has 1 aromatic carbocycles. The van der Waals surface area contributed by atoms with E-state index in [1.807, 2.05) is 6.92 Å². The Balaban J connectivity index is 2.16. The average Bonchev–Trinajstić information content (AvgIpc) is 3.04. The molecule has 2 aromatic rings. The van der Waals surface area contributed by atoms with Crippen molar-refractivity contribution in [1.29, 1.82) is 0 Å². The van der Waals surface area contributed by atoms with Gasteiger partial charge in [0.05, 0.1) is 18.6 Å². The van der Waals surface area contributed by atoms with Crippen LogP contribution in [0, 0.1) is 0 Å². The molecule has 2 rings (SSSR count). The van der Waals surface area contributed by atoms with Crippen molar-refractivity contribution in [3.8, 4) is 10.6 Å². The molecule has 5 nitrogen and oxygen atoms in total. The van der Waals surface area contributed by atoms with Crippen molar-refractivity contribution in [2.75, 3.05) is 20.2 Å². The van der Waals surface area contributed by atoms with Crippen LogP contribution in [0.4, 0.5) is 0 Å².